The number of hydrogen-bond acceptors (Lipinski definition) is 5. The van der Waals surface area contributed by atoms with Gasteiger partial charge in [0.15, 0.2) is 11.5 Å². The molecule has 0 radical (unpaired) electrons. The summed E-state index contributed by atoms with van der Waals surface area (Å²) >= 11 is 12.3. The third-order valence-electron chi connectivity index (χ3n) is 5.73. The Balaban J connectivity index is 1.66. The molecule has 1 aliphatic heterocycles. The van der Waals surface area contributed by atoms with Crippen LogP contribution in [0.5, 0.6) is 5.75 Å². The minimum atomic E-state index is -0.939. The summed E-state index contributed by atoms with van der Waals surface area (Å²) in [5, 5.41) is 12.5. The Morgan fingerprint density at radius 2 is 1.80 bits per heavy atom. The molecule has 0 aliphatic carbocycles. The van der Waals surface area contributed by atoms with Crippen LogP contribution >= 0.6 is 23.2 Å². The Hall–Kier alpha value is -3.74. The first-order chi connectivity index (χ1) is 16.9. The average molecular weight is 508 g/mol. The highest BCUT2D eigenvalue weighted by Gasteiger charge is 2.45. The van der Waals surface area contributed by atoms with Gasteiger partial charge in [-0.05, 0) is 67.1 Å². The number of nitrogens with zero attached hydrogens (tertiary/aromatic N) is 1. The Kier molecular flexibility index (Phi) is 6.01. The molecule has 35 heavy (non-hydrogen) atoms. The highest BCUT2D eigenvalue weighted by atomic mass is 35.5. The summed E-state index contributed by atoms with van der Waals surface area (Å²) in [5.41, 5.74) is 1.37. The summed E-state index contributed by atoms with van der Waals surface area (Å²) in [5.74, 6) is -1.43. The van der Waals surface area contributed by atoms with Gasteiger partial charge in [-0.2, -0.15) is 0 Å². The molecular formula is C27H19Cl2NO5. The quantitative estimate of drug-likeness (QED) is 0.286. The second kappa shape index (κ2) is 9.13. The summed E-state index contributed by atoms with van der Waals surface area (Å²) in [4.78, 5) is 28.4. The van der Waals surface area contributed by atoms with Crippen molar-refractivity contribution < 1.29 is 23.8 Å². The molecule has 0 bridgehead atoms. The highest BCUT2D eigenvalue weighted by Crippen LogP contribution is 2.43. The summed E-state index contributed by atoms with van der Waals surface area (Å²) in [7, 11) is 0. The fourth-order valence-electron chi connectivity index (χ4n) is 4.24. The van der Waals surface area contributed by atoms with Crippen LogP contribution in [0, 0.1) is 0 Å². The van der Waals surface area contributed by atoms with Crippen LogP contribution in [-0.4, -0.2) is 23.4 Å². The molecule has 0 fully saturated rings. The van der Waals surface area contributed by atoms with Crippen molar-refractivity contribution >= 4 is 51.5 Å². The molecule has 1 amide bonds. The molecule has 5 rings (SSSR count). The fraction of sp³-hybridized carbons (Fsp3) is 0.111. The lowest BCUT2D eigenvalue weighted by Gasteiger charge is -2.27. The van der Waals surface area contributed by atoms with Gasteiger partial charge >= 0.3 is 0 Å². The van der Waals surface area contributed by atoms with Crippen LogP contribution in [0.1, 0.15) is 29.1 Å². The number of halogens is 2. The van der Waals surface area contributed by atoms with Crippen molar-refractivity contribution in [3.63, 3.8) is 0 Å². The number of rotatable bonds is 6. The molecule has 1 aromatic heterocycles. The lowest BCUT2D eigenvalue weighted by Crippen LogP contribution is -2.31. The van der Waals surface area contributed by atoms with Gasteiger partial charge in [-0.1, -0.05) is 41.4 Å². The van der Waals surface area contributed by atoms with Crippen molar-refractivity contribution in [2.45, 2.75) is 13.0 Å². The van der Waals surface area contributed by atoms with Gasteiger partial charge in [0.25, 0.3) is 5.91 Å². The number of ketones is 1. The minimum Gasteiger partial charge on any atom is -0.503 e. The van der Waals surface area contributed by atoms with E-state index in [-0.39, 0.29) is 11.3 Å². The largest absolute Gasteiger partial charge is 0.503 e. The smallest absolute Gasteiger partial charge is 0.294 e. The van der Waals surface area contributed by atoms with E-state index in [0.29, 0.717) is 44.6 Å². The predicted molar refractivity (Wildman–Crippen MR) is 134 cm³/mol. The van der Waals surface area contributed by atoms with Crippen LogP contribution in [0.3, 0.4) is 0 Å². The molecule has 3 aromatic carbocycles. The van der Waals surface area contributed by atoms with Crippen LogP contribution in [0.4, 0.5) is 5.69 Å². The second-order valence-electron chi connectivity index (χ2n) is 7.95. The molecule has 8 heteroatoms. The lowest BCUT2D eigenvalue weighted by atomic mass is 9.94. The second-order valence-corrected chi connectivity index (χ2v) is 8.82. The highest BCUT2D eigenvalue weighted by molar-refractivity contribution is 6.31. The molecule has 1 aliphatic rings. The van der Waals surface area contributed by atoms with Crippen LogP contribution in [0.15, 0.2) is 88.5 Å². The number of ether oxygens (including phenoxy) is 1. The van der Waals surface area contributed by atoms with E-state index < -0.39 is 23.5 Å². The maximum atomic E-state index is 13.7. The molecule has 0 saturated carbocycles. The fourth-order valence-corrected chi connectivity index (χ4v) is 4.61. The zero-order valence-electron chi connectivity index (χ0n) is 18.5. The number of anilines is 1. The van der Waals surface area contributed by atoms with Gasteiger partial charge in [-0.15, -0.1) is 0 Å². The monoisotopic (exact) mass is 507 g/mol. The number of amides is 1. The van der Waals surface area contributed by atoms with Crippen molar-refractivity contribution in [2.24, 2.45) is 0 Å². The number of carbonyl (C=O) groups excluding carboxylic acids is 2. The van der Waals surface area contributed by atoms with Crippen molar-refractivity contribution in [3.8, 4) is 5.75 Å². The molecular weight excluding hydrogens is 489 g/mol. The standard InChI is InChI=1S/C27H19Cl2NO5/c1-2-34-20-8-3-5-15(12-20)24-23(25(31)22-13-16-11-18(29)9-10-21(16)35-22)26(32)27(33)30(24)19-7-4-6-17(28)14-19/h3-14,24,32H,2H2,1H3. The predicted octanol–water partition coefficient (Wildman–Crippen LogP) is 6.92. The number of aliphatic hydroxyl groups excluding tert-OH is 1. The van der Waals surface area contributed by atoms with Gasteiger partial charge < -0.3 is 14.3 Å². The number of fused-ring (bicyclic) bond motifs is 1. The number of aliphatic hydroxyl groups is 1. The van der Waals surface area contributed by atoms with Gasteiger partial charge in [0.1, 0.15) is 11.3 Å². The first-order valence-electron chi connectivity index (χ1n) is 10.9. The number of carbonyl (C=O) groups is 2. The number of Topliss-reactive ketones (excluding diaryl/α,β-unsaturated/α-hetero) is 1. The van der Waals surface area contributed by atoms with E-state index in [0.717, 1.165) is 0 Å². The van der Waals surface area contributed by atoms with Crippen LogP contribution in [0.25, 0.3) is 11.0 Å². The first kappa shape index (κ1) is 23.0. The molecule has 1 N–H and O–H groups in total. The lowest BCUT2D eigenvalue weighted by molar-refractivity contribution is -0.117. The Morgan fingerprint density at radius 1 is 1.03 bits per heavy atom. The zero-order chi connectivity index (χ0) is 24.7. The number of furan rings is 1. The molecule has 0 saturated heterocycles. The van der Waals surface area contributed by atoms with Crippen LogP contribution < -0.4 is 9.64 Å². The number of benzene rings is 3. The van der Waals surface area contributed by atoms with E-state index in [1.54, 1.807) is 72.8 Å². The molecule has 176 valence electrons. The van der Waals surface area contributed by atoms with Gasteiger partial charge in [-0.25, -0.2) is 0 Å². The maximum Gasteiger partial charge on any atom is 0.294 e. The summed E-state index contributed by atoms with van der Waals surface area (Å²) in [6, 6.07) is 19.3. The molecule has 2 heterocycles. The van der Waals surface area contributed by atoms with E-state index >= 15 is 0 Å². The van der Waals surface area contributed by atoms with E-state index in [1.807, 2.05) is 6.92 Å². The third kappa shape index (κ3) is 4.16. The van der Waals surface area contributed by atoms with Gasteiger partial charge in [0, 0.05) is 21.1 Å². The van der Waals surface area contributed by atoms with Crippen molar-refractivity contribution in [2.75, 3.05) is 11.5 Å². The van der Waals surface area contributed by atoms with Crippen LogP contribution in [0.2, 0.25) is 10.0 Å². The average Bonchev–Trinajstić information content (AvgIpc) is 3.37. The topological polar surface area (TPSA) is 80.0 Å². The van der Waals surface area contributed by atoms with E-state index in [9.17, 15) is 14.7 Å². The van der Waals surface area contributed by atoms with Gasteiger partial charge in [0.2, 0.25) is 5.78 Å². The number of hydrogen-bond donors (Lipinski definition) is 1. The minimum absolute atomic E-state index is 0.0180. The maximum absolute atomic E-state index is 13.7. The van der Waals surface area contributed by atoms with Crippen molar-refractivity contribution in [3.05, 3.63) is 105 Å². The van der Waals surface area contributed by atoms with E-state index in [1.165, 1.54) is 4.90 Å². The van der Waals surface area contributed by atoms with E-state index in [2.05, 4.69) is 0 Å². The molecule has 0 spiro atoms. The Morgan fingerprint density at radius 3 is 2.57 bits per heavy atom. The van der Waals surface area contributed by atoms with Crippen molar-refractivity contribution in [1.82, 2.24) is 0 Å². The Bertz CT molecular complexity index is 1510. The van der Waals surface area contributed by atoms with Crippen molar-refractivity contribution in [1.29, 1.82) is 0 Å². The Labute approximate surface area is 210 Å². The molecule has 6 nitrogen and oxygen atoms in total. The normalized spacial score (nSPS) is 15.8. The zero-order valence-corrected chi connectivity index (χ0v) is 20.0. The molecule has 4 aromatic rings. The SMILES string of the molecule is CCOc1cccc(C2C(C(=O)c3cc4cc(Cl)ccc4o3)=C(O)C(=O)N2c2cccc(Cl)c2)c1. The summed E-state index contributed by atoms with van der Waals surface area (Å²) in [6.45, 7) is 2.30. The molecule has 1 atom stereocenters. The van der Waals surface area contributed by atoms with Gasteiger partial charge in [0.05, 0.1) is 18.2 Å². The molecule has 1 unspecified atom stereocenters. The van der Waals surface area contributed by atoms with Gasteiger partial charge in [-0.3, -0.25) is 14.5 Å². The summed E-state index contributed by atoms with van der Waals surface area (Å²) in [6.07, 6.45) is 0. The van der Waals surface area contributed by atoms with E-state index in [4.69, 9.17) is 32.4 Å². The first-order valence-corrected chi connectivity index (χ1v) is 11.6. The third-order valence-corrected chi connectivity index (χ3v) is 6.20. The summed E-state index contributed by atoms with van der Waals surface area (Å²) < 4.78 is 11.4. The van der Waals surface area contributed by atoms with Crippen LogP contribution in [-0.2, 0) is 4.79 Å².